The van der Waals surface area contributed by atoms with E-state index in [-0.39, 0.29) is 12.6 Å². The van der Waals surface area contributed by atoms with E-state index in [1.54, 1.807) is 4.90 Å². The van der Waals surface area contributed by atoms with Crippen LogP contribution in [0.15, 0.2) is 42.7 Å². The number of urea groups is 1. The SMILES string of the molecule is Cn1ccnc1C(O)(CCNC(=O)N(Cc1ccccc1)C1CC1)C(F)(F)F. The lowest BCUT2D eigenvalue weighted by Gasteiger charge is -2.30. The van der Waals surface area contributed by atoms with Crippen molar-refractivity contribution in [3.8, 4) is 0 Å². The van der Waals surface area contributed by atoms with Gasteiger partial charge in [0.15, 0.2) is 0 Å². The van der Waals surface area contributed by atoms with Crippen LogP contribution in [0.25, 0.3) is 0 Å². The number of aliphatic hydroxyl groups is 1. The average molecular weight is 396 g/mol. The van der Waals surface area contributed by atoms with Crippen LogP contribution in [0.5, 0.6) is 0 Å². The smallest absolute Gasteiger partial charge is 0.374 e. The van der Waals surface area contributed by atoms with Crippen molar-refractivity contribution >= 4 is 6.03 Å². The van der Waals surface area contributed by atoms with Gasteiger partial charge in [-0.2, -0.15) is 13.2 Å². The average Bonchev–Trinajstić information content (AvgIpc) is 3.39. The Morgan fingerprint density at radius 2 is 2.00 bits per heavy atom. The molecule has 0 spiro atoms. The summed E-state index contributed by atoms with van der Waals surface area (Å²) in [5, 5.41) is 12.8. The number of benzene rings is 1. The second kappa shape index (κ2) is 7.83. The summed E-state index contributed by atoms with van der Waals surface area (Å²) in [7, 11) is 1.38. The molecule has 1 aliphatic rings. The molecule has 152 valence electrons. The highest BCUT2D eigenvalue weighted by molar-refractivity contribution is 5.74. The third-order valence-electron chi connectivity index (χ3n) is 4.87. The Morgan fingerprint density at radius 1 is 1.32 bits per heavy atom. The van der Waals surface area contributed by atoms with Crippen molar-refractivity contribution in [2.45, 2.75) is 43.6 Å². The number of halogens is 3. The van der Waals surface area contributed by atoms with Gasteiger partial charge in [0.2, 0.25) is 5.60 Å². The van der Waals surface area contributed by atoms with E-state index >= 15 is 0 Å². The molecule has 2 N–H and O–H groups in total. The number of nitrogens with one attached hydrogen (secondary N) is 1. The molecule has 2 amide bonds. The summed E-state index contributed by atoms with van der Waals surface area (Å²) in [6, 6.07) is 9.06. The fourth-order valence-corrected chi connectivity index (χ4v) is 3.13. The molecule has 1 atom stereocenters. The molecule has 1 heterocycles. The van der Waals surface area contributed by atoms with Gasteiger partial charge in [-0.3, -0.25) is 0 Å². The number of imidazole rings is 1. The lowest BCUT2D eigenvalue weighted by atomic mass is 9.97. The van der Waals surface area contributed by atoms with Crippen molar-refractivity contribution < 1.29 is 23.1 Å². The minimum atomic E-state index is -4.92. The number of alkyl halides is 3. The van der Waals surface area contributed by atoms with Crippen molar-refractivity contribution in [2.24, 2.45) is 7.05 Å². The van der Waals surface area contributed by atoms with Crippen LogP contribution in [-0.2, 0) is 19.2 Å². The highest BCUT2D eigenvalue weighted by atomic mass is 19.4. The molecule has 0 bridgehead atoms. The summed E-state index contributed by atoms with van der Waals surface area (Å²) in [5.41, 5.74) is -2.19. The second-order valence-corrected chi connectivity index (χ2v) is 7.05. The number of aryl methyl sites for hydroxylation is 1. The summed E-state index contributed by atoms with van der Waals surface area (Å²) in [5.74, 6) is -0.502. The molecule has 28 heavy (non-hydrogen) atoms. The fourth-order valence-electron chi connectivity index (χ4n) is 3.13. The molecular formula is C19H23F3N4O2. The van der Waals surface area contributed by atoms with Crippen LogP contribution in [-0.4, -0.2) is 44.4 Å². The molecule has 0 aliphatic heterocycles. The van der Waals surface area contributed by atoms with Crippen LogP contribution < -0.4 is 5.32 Å². The molecule has 9 heteroatoms. The zero-order valence-electron chi connectivity index (χ0n) is 15.5. The first kappa shape index (κ1) is 20.2. The van der Waals surface area contributed by atoms with E-state index < -0.39 is 30.1 Å². The van der Waals surface area contributed by atoms with Crippen molar-refractivity contribution in [1.29, 1.82) is 0 Å². The topological polar surface area (TPSA) is 70.4 Å². The predicted molar refractivity (Wildman–Crippen MR) is 96.2 cm³/mol. The standard InChI is InChI=1S/C19H23F3N4O2/c1-25-12-11-23-16(25)18(28,19(20,21)22)9-10-24-17(27)26(15-7-8-15)13-14-5-3-2-4-6-14/h2-6,11-12,15,28H,7-10,13H2,1H3,(H,24,27). The number of hydrogen-bond acceptors (Lipinski definition) is 3. The van der Waals surface area contributed by atoms with Gasteiger partial charge >= 0.3 is 12.2 Å². The van der Waals surface area contributed by atoms with Gasteiger partial charge in [-0.15, -0.1) is 0 Å². The molecule has 1 saturated carbocycles. The summed E-state index contributed by atoms with van der Waals surface area (Å²) >= 11 is 0. The van der Waals surface area contributed by atoms with Crippen molar-refractivity contribution in [2.75, 3.05) is 6.54 Å². The van der Waals surface area contributed by atoms with Crippen molar-refractivity contribution in [3.05, 3.63) is 54.1 Å². The van der Waals surface area contributed by atoms with Gasteiger partial charge in [0.25, 0.3) is 0 Å². The number of carbonyl (C=O) groups is 1. The summed E-state index contributed by atoms with van der Waals surface area (Å²) < 4.78 is 41.7. The highest BCUT2D eigenvalue weighted by Gasteiger charge is 2.57. The minimum Gasteiger partial charge on any atom is -0.374 e. The maximum atomic E-state index is 13.5. The van der Waals surface area contributed by atoms with E-state index in [2.05, 4.69) is 10.3 Å². The second-order valence-electron chi connectivity index (χ2n) is 7.05. The van der Waals surface area contributed by atoms with Gasteiger partial charge in [0, 0.05) is 45.0 Å². The van der Waals surface area contributed by atoms with Gasteiger partial charge < -0.3 is 19.9 Å². The maximum Gasteiger partial charge on any atom is 0.424 e. The molecule has 3 rings (SSSR count). The summed E-state index contributed by atoms with van der Waals surface area (Å²) in [6.45, 7) is 0.0555. The predicted octanol–water partition coefficient (Wildman–Crippen LogP) is 2.93. The quantitative estimate of drug-likeness (QED) is 0.756. The van der Waals surface area contributed by atoms with Crippen LogP contribution in [0.2, 0.25) is 0 Å². The lowest BCUT2D eigenvalue weighted by molar-refractivity contribution is -0.272. The van der Waals surface area contributed by atoms with Gasteiger partial charge in [-0.1, -0.05) is 30.3 Å². The van der Waals surface area contributed by atoms with Crippen molar-refractivity contribution in [3.63, 3.8) is 0 Å². The molecule has 1 aromatic heterocycles. The van der Waals surface area contributed by atoms with Crippen LogP contribution in [0, 0.1) is 0 Å². The highest BCUT2D eigenvalue weighted by Crippen LogP contribution is 2.40. The molecule has 6 nitrogen and oxygen atoms in total. The molecule has 0 radical (unpaired) electrons. The van der Waals surface area contributed by atoms with Crippen molar-refractivity contribution in [1.82, 2.24) is 19.8 Å². The Hall–Kier alpha value is -2.55. The number of nitrogens with zero attached hydrogens (tertiary/aromatic N) is 3. The van der Waals surface area contributed by atoms with E-state index in [1.165, 1.54) is 19.4 Å². The van der Waals surface area contributed by atoms with Gasteiger partial charge in [0.1, 0.15) is 5.82 Å². The first-order valence-corrected chi connectivity index (χ1v) is 9.07. The third kappa shape index (κ3) is 4.30. The van der Waals surface area contributed by atoms with Gasteiger partial charge in [0.05, 0.1) is 0 Å². The number of carbonyl (C=O) groups excluding carboxylic acids is 1. The largest absolute Gasteiger partial charge is 0.424 e. The third-order valence-corrected chi connectivity index (χ3v) is 4.87. The molecule has 1 fully saturated rings. The van der Waals surface area contributed by atoms with Crippen LogP contribution >= 0.6 is 0 Å². The molecular weight excluding hydrogens is 373 g/mol. The molecule has 0 saturated heterocycles. The maximum absolute atomic E-state index is 13.5. The van der Waals surface area contributed by atoms with Crippen LogP contribution in [0.4, 0.5) is 18.0 Å². The first-order valence-electron chi connectivity index (χ1n) is 9.07. The van der Waals surface area contributed by atoms with E-state index in [0.29, 0.717) is 6.54 Å². The van der Waals surface area contributed by atoms with E-state index in [4.69, 9.17) is 0 Å². The van der Waals surface area contributed by atoms with Gasteiger partial charge in [-0.05, 0) is 18.4 Å². The minimum absolute atomic E-state index is 0.0937. The lowest BCUT2D eigenvalue weighted by Crippen LogP contribution is -2.48. The number of hydrogen-bond donors (Lipinski definition) is 2. The van der Waals surface area contributed by atoms with E-state index in [0.717, 1.165) is 23.0 Å². The number of aromatic nitrogens is 2. The molecule has 1 aromatic carbocycles. The van der Waals surface area contributed by atoms with E-state index in [1.807, 2.05) is 30.3 Å². The van der Waals surface area contributed by atoms with E-state index in [9.17, 15) is 23.1 Å². The monoisotopic (exact) mass is 396 g/mol. The molecule has 2 aromatic rings. The molecule has 1 aliphatic carbocycles. The number of rotatable bonds is 7. The summed E-state index contributed by atoms with van der Waals surface area (Å²) in [4.78, 5) is 17.8. The van der Waals surface area contributed by atoms with Crippen LogP contribution in [0.1, 0.15) is 30.7 Å². The molecule has 1 unspecified atom stereocenters. The Bertz CT molecular complexity index is 805. The summed E-state index contributed by atoms with van der Waals surface area (Å²) in [6.07, 6.45) is -1.37. The fraction of sp³-hybridized carbons (Fsp3) is 0.474. The first-order chi connectivity index (χ1) is 13.2. The Balaban J connectivity index is 1.64. The normalized spacial score (nSPS) is 16.5. The Labute approximate surface area is 161 Å². The Kier molecular flexibility index (Phi) is 5.64. The Morgan fingerprint density at radius 3 is 2.54 bits per heavy atom. The zero-order valence-corrected chi connectivity index (χ0v) is 15.5. The number of amides is 2. The zero-order chi connectivity index (χ0) is 20.4. The van der Waals surface area contributed by atoms with Gasteiger partial charge in [-0.25, -0.2) is 9.78 Å². The van der Waals surface area contributed by atoms with Crippen LogP contribution in [0.3, 0.4) is 0 Å².